The summed E-state index contributed by atoms with van der Waals surface area (Å²) >= 11 is 0. The largest absolute Gasteiger partial charge is 0.417 e. The molecule has 2 aromatic rings. The highest BCUT2D eigenvalue weighted by Crippen LogP contribution is 2.33. The lowest BCUT2D eigenvalue weighted by Crippen LogP contribution is -2.09. The topological polar surface area (TPSA) is 35.8 Å². The summed E-state index contributed by atoms with van der Waals surface area (Å²) in [6.07, 6.45) is -4.58. The van der Waals surface area contributed by atoms with Crippen LogP contribution in [0.15, 0.2) is 42.5 Å². The molecule has 0 aliphatic carbocycles. The highest BCUT2D eigenvalue weighted by Gasteiger charge is 2.33. The van der Waals surface area contributed by atoms with Crippen LogP contribution in [-0.2, 0) is 12.7 Å². The van der Waals surface area contributed by atoms with E-state index in [0.717, 1.165) is 17.7 Å². The quantitative estimate of drug-likeness (QED) is 0.855. The van der Waals surface area contributed by atoms with Crippen LogP contribution in [0, 0.1) is 17.1 Å². The molecular formula is C15H10F4N2. The van der Waals surface area contributed by atoms with E-state index in [4.69, 9.17) is 5.26 Å². The van der Waals surface area contributed by atoms with Crippen molar-refractivity contribution in [3.05, 3.63) is 65.0 Å². The summed E-state index contributed by atoms with van der Waals surface area (Å²) in [4.78, 5) is 0. The van der Waals surface area contributed by atoms with E-state index in [2.05, 4.69) is 5.32 Å². The molecule has 0 amide bonds. The summed E-state index contributed by atoms with van der Waals surface area (Å²) in [5.41, 5.74) is -0.427. The van der Waals surface area contributed by atoms with E-state index in [1.54, 1.807) is 0 Å². The smallest absolute Gasteiger partial charge is 0.381 e. The van der Waals surface area contributed by atoms with Gasteiger partial charge in [0, 0.05) is 12.2 Å². The first kappa shape index (κ1) is 14.9. The van der Waals surface area contributed by atoms with Gasteiger partial charge in [-0.25, -0.2) is 4.39 Å². The van der Waals surface area contributed by atoms with E-state index in [9.17, 15) is 17.6 Å². The number of rotatable bonds is 3. The summed E-state index contributed by atoms with van der Waals surface area (Å²) < 4.78 is 51.1. The molecule has 0 aliphatic rings. The zero-order valence-electron chi connectivity index (χ0n) is 10.7. The van der Waals surface area contributed by atoms with E-state index in [-0.39, 0.29) is 18.0 Å². The molecule has 6 heteroatoms. The van der Waals surface area contributed by atoms with E-state index in [1.807, 2.05) is 0 Å². The lowest BCUT2D eigenvalue weighted by atomic mass is 10.1. The molecular weight excluding hydrogens is 284 g/mol. The zero-order chi connectivity index (χ0) is 15.5. The van der Waals surface area contributed by atoms with Gasteiger partial charge in [0.05, 0.1) is 17.2 Å². The Kier molecular flexibility index (Phi) is 4.13. The van der Waals surface area contributed by atoms with Crippen LogP contribution in [0.25, 0.3) is 0 Å². The van der Waals surface area contributed by atoms with Crippen molar-refractivity contribution in [2.45, 2.75) is 12.7 Å². The summed E-state index contributed by atoms with van der Waals surface area (Å²) in [7, 11) is 0. The Hall–Kier alpha value is -2.55. The van der Waals surface area contributed by atoms with Gasteiger partial charge in [0.15, 0.2) is 0 Å². The van der Waals surface area contributed by atoms with Crippen LogP contribution in [-0.4, -0.2) is 0 Å². The maximum atomic E-state index is 12.8. The average Bonchev–Trinajstić information content (AvgIpc) is 2.45. The highest BCUT2D eigenvalue weighted by molar-refractivity contribution is 5.53. The van der Waals surface area contributed by atoms with Crippen molar-refractivity contribution in [1.29, 1.82) is 5.26 Å². The predicted octanol–water partition coefficient (Wildman–Crippen LogP) is 4.33. The van der Waals surface area contributed by atoms with Crippen LogP contribution < -0.4 is 5.32 Å². The third kappa shape index (κ3) is 3.72. The molecule has 2 nitrogen and oxygen atoms in total. The van der Waals surface area contributed by atoms with E-state index < -0.39 is 17.3 Å². The number of nitrogens with one attached hydrogen (secondary N) is 1. The number of nitriles is 1. The van der Waals surface area contributed by atoms with Crippen molar-refractivity contribution in [3.8, 4) is 6.07 Å². The minimum atomic E-state index is -4.58. The molecule has 0 bridgehead atoms. The Bertz CT molecular complexity index is 670. The van der Waals surface area contributed by atoms with Crippen molar-refractivity contribution >= 4 is 5.69 Å². The monoisotopic (exact) mass is 294 g/mol. The normalized spacial score (nSPS) is 11.0. The van der Waals surface area contributed by atoms with Gasteiger partial charge in [-0.3, -0.25) is 0 Å². The summed E-state index contributed by atoms with van der Waals surface area (Å²) in [5.74, 6) is -0.378. The van der Waals surface area contributed by atoms with Crippen LogP contribution in [0.3, 0.4) is 0 Å². The predicted molar refractivity (Wildman–Crippen MR) is 69.9 cm³/mol. The molecule has 108 valence electrons. The molecule has 0 atom stereocenters. The summed E-state index contributed by atoms with van der Waals surface area (Å²) in [6, 6.07) is 10.6. The second-order valence-electron chi connectivity index (χ2n) is 4.35. The van der Waals surface area contributed by atoms with Crippen LogP contribution in [0.4, 0.5) is 23.2 Å². The molecule has 21 heavy (non-hydrogen) atoms. The fourth-order valence-electron chi connectivity index (χ4n) is 1.79. The van der Waals surface area contributed by atoms with Crippen molar-refractivity contribution in [2.75, 3.05) is 5.32 Å². The third-order valence-corrected chi connectivity index (χ3v) is 2.86. The lowest BCUT2D eigenvalue weighted by Gasteiger charge is -2.12. The van der Waals surface area contributed by atoms with Crippen LogP contribution in [0.5, 0.6) is 0 Å². The van der Waals surface area contributed by atoms with Gasteiger partial charge in [-0.05, 0) is 35.9 Å². The summed E-state index contributed by atoms with van der Waals surface area (Å²) in [5, 5.41) is 11.5. The minimum absolute atomic E-state index is 0.241. The van der Waals surface area contributed by atoms with Crippen LogP contribution in [0.1, 0.15) is 16.7 Å². The Labute approximate surface area is 118 Å². The molecule has 0 aromatic heterocycles. The average molecular weight is 294 g/mol. The van der Waals surface area contributed by atoms with Gasteiger partial charge in [0.25, 0.3) is 0 Å². The second kappa shape index (κ2) is 5.83. The van der Waals surface area contributed by atoms with E-state index >= 15 is 0 Å². The van der Waals surface area contributed by atoms with Gasteiger partial charge < -0.3 is 5.32 Å². The Balaban J connectivity index is 2.18. The molecule has 0 aliphatic heterocycles. The van der Waals surface area contributed by atoms with Crippen molar-refractivity contribution in [3.63, 3.8) is 0 Å². The van der Waals surface area contributed by atoms with E-state index in [0.29, 0.717) is 0 Å². The number of alkyl halides is 3. The van der Waals surface area contributed by atoms with Crippen molar-refractivity contribution in [1.82, 2.24) is 0 Å². The van der Waals surface area contributed by atoms with Gasteiger partial charge in [-0.15, -0.1) is 0 Å². The number of benzene rings is 2. The number of hydrogen-bond donors (Lipinski definition) is 1. The lowest BCUT2D eigenvalue weighted by molar-refractivity contribution is -0.137. The van der Waals surface area contributed by atoms with Gasteiger partial charge >= 0.3 is 6.18 Å². The second-order valence-corrected chi connectivity index (χ2v) is 4.35. The molecule has 1 N–H and O–H groups in total. The molecule has 2 aromatic carbocycles. The van der Waals surface area contributed by atoms with E-state index in [1.165, 1.54) is 36.4 Å². The maximum absolute atomic E-state index is 12.8. The number of nitrogens with zero attached hydrogens (tertiary/aromatic N) is 1. The number of anilines is 1. The minimum Gasteiger partial charge on any atom is -0.381 e. The number of hydrogen-bond acceptors (Lipinski definition) is 2. The standard InChI is InChI=1S/C15H10F4N2/c16-12-4-1-10(2-5-12)9-21-13-6-3-11(8-20)14(7-13)15(17,18)19/h1-7,21H,9H2. The molecule has 0 saturated heterocycles. The van der Waals surface area contributed by atoms with Gasteiger partial charge in [0.1, 0.15) is 5.82 Å². The van der Waals surface area contributed by atoms with Gasteiger partial charge in [0.2, 0.25) is 0 Å². The highest BCUT2D eigenvalue weighted by atomic mass is 19.4. The zero-order valence-corrected chi connectivity index (χ0v) is 10.7. The number of halogens is 4. The maximum Gasteiger partial charge on any atom is 0.417 e. The Morgan fingerprint density at radius 3 is 2.29 bits per heavy atom. The van der Waals surface area contributed by atoms with Gasteiger partial charge in [-0.1, -0.05) is 12.1 Å². The van der Waals surface area contributed by atoms with Gasteiger partial charge in [-0.2, -0.15) is 18.4 Å². The fourth-order valence-corrected chi connectivity index (χ4v) is 1.79. The molecule has 0 spiro atoms. The molecule has 0 radical (unpaired) electrons. The van der Waals surface area contributed by atoms with Crippen LogP contribution >= 0.6 is 0 Å². The Morgan fingerprint density at radius 1 is 1.05 bits per heavy atom. The fraction of sp³-hybridized carbons (Fsp3) is 0.133. The Morgan fingerprint density at radius 2 is 1.71 bits per heavy atom. The molecule has 2 rings (SSSR count). The first-order valence-electron chi connectivity index (χ1n) is 6.00. The SMILES string of the molecule is N#Cc1ccc(NCc2ccc(F)cc2)cc1C(F)(F)F. The van der Waals surface area contributed by atoms with Crippen molar-refractivity contribution < 1.29 is 17.6 Å². The van der Waals surface area contributed by atoms with Crippen LogP contribution in [0.2, 0.25) is 0 Å². The van der Waals surface area contributed by atoms with Crippen molar-refractivity contribution in [2.24, 2.45) is 0 Å². The third-order valence-electron chi connectivity index (χ3n) is 2.86. The summed E-state index contributed by atoms with van der Waals surface area (Å²) in [6.45, 7) is 0.253. The molecule has 0 saturated carbocycles. The first-order valence-corrected chi connectivity index (χ1v) is 6.00. The molecule has 0 heterocycles. The molecule has 0 unspecified atom stereocenters. The molecule has 0 fully saturated rings. The first-order chi connectivity index (χ1) is 9.90.